The number of nitrogens with one attached hydrogen (secondary N) is 1. The lowest BCUT2D eigenvalue weighted by Crippen LogP contribution is -2.64. The first-order chi connectivity index (χ1) is 20.1. The highest BCUT2D eigenvalue weighted by Gasteiger charge is 2.42. The molecule has 3 rings (SSSR count). The number of methoxy groups -OCH3 is 1. The maximum absolute atomic E-state index is 14.0. The summed E-state index contributed by atoms with van der Waals surface area (Å²) in [5, 5.41) is 3.86. The number of esters is 1. The summed E-state index contributed by atoms with van der Waals surface area (Å²) in [5.74, 6) is -1.46. The van der Waals surface area contributed by atoms with Crippen LogP contribution in [0.1, 0.15) is 51.2 Å². The molecule has 10 heteroatoms. The molecule has 0 aliphatic carbocycles. The van der Waals surface area contributed by atoms with Crippen molar-refractivity contribution in [2.45, 2.75) is 82.6 Å². The lowest BCUT2D eigenvalue weighted by atomic mass is 9.82. The topological polar surface area (TPSA) is 111 Å². The monoisotopic (exact) mass is 629 g/mol. The molecular weight excluding hydrogens is 582 g/mol. The van der Waals surface area contributed by atoms with E-state index in [1.807, 2.05) is 54.6 Å². The van der Waals surface area contributed by atoms with Crippen LogP contribution in [0, 0.1) is 5.92 Å². The van der Waals surface area contributed by atoms with Gasteiger partial charge in [-0.3, -0.25) is 14.4 Å². The van der Waals surface area contributed by atoms with Crippen molar-refractivity contribution in [1.82, 2.24) is 10.2 Å². The molecule has 1 saturated heterocycles. The fourth-order valence-electron chi connectivity index (χ4n) is 5.24. The van der Waals surface area contributed by atoms with Crippen molar-refractivity contribution < 1.29 is 23.5 Å². The molecule has 3 atom stereocenters. The Kier molecular flexibility index (Phi) is 12.0. The van der Waals surface area contributed by atoms with Gasteiger partial charge >= 0.3 is 5.97 Å². The van der Waals surface area contributed by atoms with Gasteiger partial charge in [-0.2, -0.15) is 0 Å². The van der Waals surface area contributed by atoms with Crippen LogP contribution >= 0.6 is 11.6 Å². The van der Waals surface area contributed by atoms with Crippen molar-refractivity contribution in [1.29, 1.82) is 0 Å². The smallest absolute Gasteiger partial charge is 0.306 e. The van der Waals surface area contributed by atoms with Crippen LogP contribution in [-0.4, -0.2) is 69.4 Å². The Morgan fingerprint density at radius 3 is 2.33 bits per heavy atom. The zero-order valence-electron chi connectivity index (χ0n) is 26.5. The zero-order chi connectivity index (χ0) is 31.8. The Balaban J connectivity index is 1.84. The highest BCUT2D eigenvalue weighted by Crippen LogP contribution is 2.36. The summed E-state index contributed by atoms with van der Waals surface area (Å²) < 4.78 is 11.2. The summed E-state index contributed by atoms with van der Waals surface area (Å²) in [5.41, 5.74) is 7.59. The minimum absolute atomic E-state index is 0.0102. The Bertz CT molecular complexity index is 1240. The number of amides is 2. The minimum Gasteiger partial charge on any atom is -0.469 e. The van der Waals surface area contributed by atoms with Gasteiger partial charge in [0, 0.05) is 18.1 Å². The first-order valence-electron chi connectivity index (χ1n) is 15.0. The molecule has 0 spiro atoms. The molecule has 1 aliphatic rings. The van der Waals surface area contributed by atoms with Gasteiger partial charge in [-0.1, -0.05) is 74.8 Å². The Hall–Kier alpha value is -2.72. The second-order valence-corrected chi connectivity index (χ2v) is 18.5. The number of nitrogens with two attached hydrogens (primary N) is 1. The van der Waals surface area contributed by atoms with Gasteiger partial charge in [-0.05, 0) is 67.1 Å². The average Bonchev–Trinajstić information content (AvgIpc) is 2.96. The molecular formula is C33H48ClN3O5Si. The molecule has 1 heterocycles. The summed E-state index contributed by atoms with van der Waals surface area (Å²) in [6.07, 6.45) is 2.24. The Labute approximate surface area is 262 Å². The van der Waals surface area contributed by atoms with Crippen molar-refractivity contribution >= 4 is 37.7 Å². The van der Waals surface area contributed by atoms with Crippen molar-refractivity contribution in [2.24, 2.45) is 11.7 Å². The van der Waals surface area contributed by atoms with Gasteiger partial charge in [0.05, 0.1) is 31.6 Å². The van der Waals surface area contributed by atoms with Crippen molar-refractivity contribution in [3.63, 3.8) is 0 Å². The summed E-state index contributed by atoms with van der Waals surface area (Å²) in [6, 6.07) is 16.3. The van der Waals surface area contributed by atoms with Gasteiger partial charge in [0.25, 0.3) is 0 Å². The predicted molar refractivity (Wildman–Crippen MR) is 173 cm³/mol. The van der Waals surface area contributed by atoms with E-state index in [1.54, 1.807) is 4.90 Å². The lowest BCUT2D eigenvalue weighted by Gasteiger charge is -2.45. The quantitative estimate of drug-likeness (QED) is 0.249. The van der Waals surface area contributed by atoms with Gasteiger partial charge in [-0.15, -0.1) is 0 Å². The number of likely N-dealkylation sites (tertiary alicyclic amines) is 1. The van der Waals surface area contributed by atoms with E-state index >= 15 is 0 Å². The highest BCUT2D eigenvalue weighted by molar-refractivity contribution is 6.74. The minimum atomic E-state index is -2.10. The normalized spacial score (nSPS) is 18.9. The van der Waals surface area contributed by atoms with Crippen LogP contribution < -0.4 is 11.1 Å². The van der Waals surface area contributed by atoms with E-state index in [2.05, 4.69) is 39.2 Å². The SMILES string of the molecule is COC(=O)CC(Cc1ccccc1)C(=O)N1CCCC(Cc2ccc(Cl)cc2)(NC(=O)C(N)CO[Si](C)(C)C(C)(C)C)C1. The molecule has 1 aliphatic heterocycles. The molecule has 2 aromatic carbocycles. The number of carbonyl (C=O) groups is 3. The molecule has 3 N–H and O–H groups in total. The molecule has 3 unspecified atom stereocenters. The first kappa shape index (κ1) is 34.8. The highest BCUT2D eigenvalue weighted by atomic mass is 35.5. The van der Waals surface area contributed by atoms with E-state index in [9.17, 15) is 14.4 Å². The van der Waals surface area contributed by atoms with Gasteiger partial charge in [0.1, 0.15) is 6.04 Å². The van der Waals surface area contributed by atoms with Crippen molar-refractivity contribution in [2.75, 3.05) is 26.8 Å². The molecule has 1 fully saturated rings. The van der Waals surface area contributed by atoms with E-state index in [0.29, 0.717) is 43.8 Å². The molecule has 236 valence electrons. The second-order valence-electron chi connectivity index (χ2n) is 13.3. The standard InChI is InChI=1S/C33H48ClN3O5Si/c1-32(2,3)43(5,6)42-22-28(35)30(39)36-33(21-25-13-15-27(34)16-14-25)17-10-18-37(23-33)31(40)26(20-29(38)41-4)19-24-11-8-7-9-12-24/h7-9,11-16,26,28H,10,17-23,35H2,1-6H3,(H,36,39). The van der Waals surface area contributed by atoms with E-state index in [4.69, 9.17) is 26.5 Å². The summed E-state index contributed by atoms with van der Waals surface area (Å²) in [7, 11) is -0.770. The maximum Gasteiger partial charge on any atom is 0.306 e. The van der Waals surface area contributed by atoms with E-state index in [-0.39, 0.29) is 29.9 Å². The number of carbonyl (C=O) groups excluding carboxylic acids is 3. The Morgan fingerprint density at radius 2 is 1.72 bits per heavy atom. The molecule has 0 bridgehead atoms. The van der Waals surface area contributed by atoms with Gasteiger partial charge in [0.15, 0.2) is 8.32 Å². The first-order valence-corrected chi connectivity index (χ1v) is 18.3. The van der Waals surface area contributed by atoms with Gasteiger partial charge < -0.3 is 25.1 Å². The second kappa shape index (κ2) is 14.8. The van der Waals surface area contributed by atoms with Crippen molar-refractivity contribution in [3.8, 4) is 0 Å². The van der Waals surface area contributed by atoms with Crippen LogP contribution in [0.25, 0.3) is 0 Å². The maximum atomic E-state index is 14.0. The third-order valence-electron chi connectivity index (χ3n) is 8.81. The van der Waals surface area contributed by atoms with Gasteiger partial charge in [-0.25, -0.2) is 0 Å². The third-order valence-corrected chi connectivity index (χ3v) is 13.6. The van der Waals surface area contributed by atoms with Crippen LogP contribution in [0.2, 0.25) is 23.2 Å². The zero-order valence-corrected chi connectivity index (χ0v) is 28.2. The molecule has 43 heavy (non-hydrogen) atoms. The molecule has 2 aromatic rings. The number of hydrogen-bond donors (Lipinski definition) is 2. The molecule has 8 nitrogen and oxygen atoms in total. The number of nitrogens with zero attached hydrogens (tertiary/aromatic N) is 1. The molecule has 2 amide bonds. The van der Waals surface area contributed by atoms with E-state index in [0.717, 1.165) is 11.1 Å². The number of piperidine rings is 1. The summed E-state index contributed by atoms with van der Waals surface area (Å²) in [4.78, 5) is 41.7. The average molecular weight is 630 g/mol. The largest absolute Gasteiger partial charge is 0.469 e. The number of ether oxygens (including phenoxy) is 1. The molecule has 0 saturated carbocycles. The van der Waals surface area contributed by atoms with Crippen molar-refractivity contribution in [3.05, 3.63) is 70.7 Å². The fourth-order valence-corrected chi connectivity index (χ4v) is 6.39. The summed E-state index contributed by atoms with van der Waals surface area (Å²) >= 11 is 6.15. The van der Waals surface area contributed by atoms with Crippen LogP contribution in [0.15, 0.2) is 54.6 Å². The van der Waals surface area contributed by atoms with Crippen LogP contribution in [0.5, 0.6) is 0 Å². The van der Waals surface area contributed by atoms with E-state index < -0.39 is 31.8 Å². The molecule has 0 aromatic heterocycles. The van der Waals surface area contributed by atoms with Crippen LogP contribution in [0.3, 0.4) is 0 Å². The Morgan fingerprint density at radius 1 is 1.07 bits per heavy atom. The lowest BCUT2D eigenvalue weighted by molar-refractivity contribution is -0.148. The number of hydrogen-bond acceptors (Lipinski definition) is 6. The third kappa shape index (κ3) is 9.89. The number of benzene rings is 2. The van der Waals surface area contributed by atoms with Crippen LogP contribution in [-0.2, 0) is 36.4 Å². The van der Waals surface area contributed by atoms with Gasteiger partial charge in [0.2, 0.25) is 11.8 Å². The summed E-state index contributed by atoms with van der Waals surface area (Å²) in [6.45, 7) is 11.6. The fraction of sp³-hybridized carbons (Fsp3) is 0.545. The number of rotatable bonds is 12. The van der Waals surface area contributed by atoms with Crippen LogP contribution in [0.4, 0.5) is 0 Å². The number of halogens is 1. The van der Waals surface area contributed by atoms with E-state index in [1.165, 1.54) is 7.11 Å². The molecule has 0 radical (unpaired) electrons. The predicted octanol–water partition coefficient (Wildman–Crippen LogP) is 5.13.